The van der Waals surface area contributed by atoms with Gasteiger partial charge in [-0.25, -0.2) is 9.97 Å². The molecule has 1 aromatic heterocycles. The maximum atomic E-state index is 10.8. The number of nitrogens with zero attached hydrogens (tertiary/aromatic N) is 2. The van der Waals surface area contributed by atoms with Crippen LogP contribution in [-0.4, -0.2) is 15.9 Å². The van der Waals surface area contributed by atoms with Gasteiger partial charge in [0.1, 0.15) is 11.9 Å². The van der Waals surface area contributed by atoms with Gasteiger partial charge in [-0.1, -0.05) is 0 Å². The molecular weight excluding hydrogens is 168 g/mol. The first-order chi connectivity index (χ1) is 6.02. The summed E-state index contributed by atoms with van der Waals surface area (Å²) >= 11 is 0. The molecule has 0 unspecified atom stereocenters. The molecule has 0 amide bonds. The third-order valence-electron chi connectivity index (χ3n) is 1.60. The molecule has 0 fully saturated rings. The van der Waals surface area contributed by atoms with Crippen LogP contribution in [0.4, 0.5) is 0 Å². The minimum atomic E-state index is -0.686. The van der Waals surface area contributed by atoms with E-state index in [4.69, 9.17) is 4.74 Å². The van der Waals surface area contributed by atoms with E-state index in [9.17, 15) is 4.79 Å². The van der Waals surface area contributed by atoms with Gasteiger partial charge < -0.3 is 4.74 Å². The van der Waals surface area contributed by atoms with Crippen molar-refractivity contribution < 1.29 is 9.53 Å². The molecule has 0 aliphatic carbocycles. The average molecular weight is 180 g/mol. The summed E-state index contributed by atoms with van der Waals surface area (Å²) in [6, 6.07) is 1.73. The lowest BCUT2D eigenvalue weighted by Crippen LogP contribution is -2.25. The predicted octanol–water partition coefficient (Wildman–Crippen LogP) is 1.27. The van der Waals surface area contributed by atoms with Gasteiger partial charge in [0.05, 0.1) is 5.69 Å². The van der Waals surface area contributed by atoms with Crippen molar-refractivity contribution in [2.75, 3.05) is 0 Å². The van der Waals surface area contributed by atoms with E-state index in [0.717, 1.165) is 0 Å². The fourth-order valence-corrected chi connectivity index (χ4v) is 1.06. The Labute approximate surface area is 77.0 Å². The normalized spacial score (nSPS) is 11.0. The Hall–Kier alpha value is -1.45. The topological polar surface area (TPSA) is 52.1 Å². The van der Waals surface area contributed by atoms with Gasteiger partial charge in [-0.05, 0) is 19.9 Å². The van der Waals surface area contributed by atoms with Crippen LogP contribution in [0.25, 0.3) is 0 Å². The Balaban J connectivity index is 2.87. The Morgan fingerprint density at radius 2 is 2.23 bits per heavy atom. The second-order valence-electron chi connectivity index (χ2n) is 3.20. The third-order valence-corrected chi connectivity index (χ3v) is 1.60. The summed E-state index contributed by atoms with van der Waals surface area (Å²) in [5.74, 6) is -0.316. The summed E-state index contributed by atoms with van der Waals surface area (Å²) in [6.07, 6.45) is 3.05. The maximum absolute atomic E-state index is 10.8. The van der Waals surface area contributed by atoms with E-state index in [-0.39, 0.29) is 5.97 Å². The van der Waals surface area contributed by atoms with Crippen LogP contribution in [-0.2, 0) is 15.1 Å². The van der Waals surface area contributed by atoms with E-state index in [1.54, 1.807) is 26.1 Å². The van der Waals surface area contributed by atoms with Crippen LogP contribution in [0.5, 0.6) is 0 Å². The van der Waals surface area contributed by atoms with Crippen molar-refractivity contribution in [3.63, 3.8) is 0 Å². The molecule has 0 aliphatic heterocycles. The molecule has 0 radical (unpaired) electrons. The molecule has 0 saturated carbocycles. The fourth-order valence-electron chi connectivity index (χ4n) is 1.06. The predicted molar refractivity (Wildman–Crippen MR) is 46.8 cm³/mol. The molecule has 70 valence electrons. The highest BCUT2D eigenvalue weighted by Gasteiger charge is 2.24. The fraction of sp³-hybridized carbons (Fsp3) is 0.444. The molecule has 0 aromatic carbocycles. The van der Waals surface area contributed by atoms with Crippen LogP contribution < -0.4 is 0 Å². The number of aromatic nitrogens is 2. The number of ether oxygens (including phenoxy) is 1. The van der Waals surface area contributed by atoms with Gasteiger partial charge in [0.2, 0.25) is 0 Å². The molecule has 0 bridgehead atoms. The van der Waals surface area contributed by atoms with Gasteiger partial charge >= 0.3 is 5.97 Å². The van der Waals surface area contributed by atoms with Gasteiger partial charge in [0.25, 0.3) is 0 Å². The molecule has 13 heavy (non-hydrogen) atoms. The molecule has 0 aliphatic rings. The van der Waals surface area contributed by atoms with E-state index < -0.39 is 5.60 Å². The first-order valence-corrected chi connectivity index (χ1v) is 3.98. The molecule has 0 N–H and O–H groups in total. The first-order valence-electron chi connectivity index (χ1n) is 3.98. The number of carbonyl (C=O) groups excluding carboxylic acids is 1. The van der Waals surface area contributed by atoms with Crippen LogP contribution in [0.3, 0.4) is 0 Å². The largest absolute Gasteiger partial charge is 0.453 e. The minimum Gasteiger partial charge on any atom is -0.453 e. The third kappa shape index (κ3) is 2.50. The van der Waals surface area contributed by atoms with Gasteiger partial charge in [-0.2, -0.15) is 0 Å². The molecule has 0 atom stereocenters. The summed E-state index contributed by atoms with van der Waals surface area (Å²) in [5, 5.41) is 0. The number of hydrogen-bond acceptors (Lipinski definition) is 4. The lowest BCUT2D eigenvalue weighted by atomic mass is 10.1. The van der Waals surface area contributed by atoms with E-state index in [2.05, 4.69) is 9.97 Å². The van der Waals surface area contributed by atoms with Crippen LogP contribution in [0, 0.1) is 0 Å². The Morgan fingerprint density at radius 3 is 2.69 bits per heavy atom. The van der Waals surface area contributed by atoms with Crippen LogP contribution in [0.1, 0.15) is 26.5 Å². The van der Waals surface area contributed by atoms with Crippen molar-refractivity contribution in [3.05, 3.63) is 24.3 Å². The SMILES string of the molecule is CC(=O)OC(C)(C)c1ccncn1. The number of rotatable bonds is 2. The molecule has 0 saturated heterocycles. The summed E-state index contributed by atoms with van der Waals surface area (Å²) in [6.45, 7) is 4.95. The standard InChI is InChI=1S/C9H12N2O2/c1-7(12)13-9(2,3)8-4-5-10-6-11-8/h4-6H,1-3H3. The van der Waals surface area contributed by atoms with Crippen molar-refractivity contribution >= 4 is 5.97 Å². The van der Waals surface area contributed by atoms with E-state index in [1.807, 2.05) is 0 Å². The van der Waals surface area contributed by atoms with Crippen LogP contribution in [0.15, 0.2) is 18.6 Å². The Morgan fingerprint density at radius 1 is 1.54 bits per heavy atom. The van der Waals surface area contributed by atoms with E-state index in [1.165, 1.54) is 13.3 Å². The molecule has 4 heteroatoms. The summed E-state index contributed by atoms with van der Waals surface area (Å²) < 4.78 is 5.09. The quantitative estimate of drug-likeness (QED) is 0.643. The first kappa shape index (κ1) is 9.64. The van der Waals surface area contributed by atoms with Crippen LogP contribution in [0.2, 0.25) is 0 Å². The summed E-state index contributed by atoms with van der Waals surface area (Å²) in [4.78, 5) is 18.6. The maximum Gasteiger partial charge on any atom is 0.303 e. The highest BCUT2D eigenvalue weighted by atomic mass is 16.6. The molecule has 1 heterocycles. The second-order valence-corrected chi connectivity index (χ2v) is 3.20. The summed E-state index contributed by atoms with van der Waals surface area (Å²) in [7, 11) is 0. The van der Waals surface area contributed by atoms with Crippen molar-refractivity contribution in [2.45, 2.75) is 26.4 Å². The lowest BCUT2D eigenvalue weighted by Gasteiger charge is -2.23. The minimum absolute atomic E-state index is 0.316. The van der Waals surface area contributed by atoms with Gasteiger partial charge in [0.15, 0.2) is 0 Å². The monoisotopic (exact) mass is 180 g/mol. The zero-order chi connectivity index (χ0) is 9.90. The second kappa shape index (κ2) is 3.51. The molecule has 4 nitrogen and oxygen atoms in total. The lowest BCUT2D eigenvalue weighted by molar-refractivity contribution is -0.154. The van der Waals surface area contributed by atoms with Crippen LogP contribution >= 0.6 is 0 Å². The van der Waals surface area contributed by atoms with Crippen molar-refractivity contribution in [3.8, 4) is 0 Å². The van der Waals surface area contributed by atoms with E-state index in [0.29, 0.717) is 5.69 Å². The van der Waals surface area contributed by atoms with Crippen molar-refractivity contribution in [1.82, 2.24) is 9.97 Å². The van der Waals surface area contributed by atoms with Gasteiger partial charge in [0, 0.05) is 13.1 Å². The van der Waals surface area contributed by atoms with E-state index >= 15 is 0 Å². The van der Waals surface area contributed by atoms with Gasteiger partial charge in [-0.15, -0.1) is 0 Å². The zero-order valence-electron chi connectivity index (χ0n) is 7.94. The highest BCUT2D eigenvalue weighted by Crippen LogP contribution is 2.21. The van der Waals surface area contributed by atoms with Crippen molar-refractivity contribution in [1.29, 1.82) is 0 Å². The average Bonchev–Trinajstić information content (AvgIpc) is 2.04. The number of carbonyl (C=O) groups is 1. The Bertz CT molecular complexity index is 296. The number of hydrogen-bond donors (Lipinski definition) is 0. The molecule has 1 aromatic rings. The Kier molecular flexibility index (Phi) is 2.60. The summed E-state index contributed by atoms with van der Waals surface area (Å²) in [5.41, 5.74) is 0.00657. The number of esters is 1. The molecule has 1 rings (SSSR count). The van der Waals surface area contributed by atoms with Crippen molar-refractivity contribution in [2.24, 2.45) is 0 Å². The van der Waals surface area contributed by atoms with Gasteiger partial charge in [-0.3, -0.25) is 4.79 Å². The molecular formula is C9H12N2O2. The highest BCUT2D eigenvalue weighted by molar-refractivity contribution is 5.66. The smallest absolute Gasteiger partial charge is 0.303 e. The zero-order valence-corrected chi connectivity index (χ0v) is 7.94. The molecule has 0 spiro atoms.